The summed E-state index contributed by atoms with van der Waals surface area (Å²) in [7, 11) is 0. The fourth-order valence-electron chi connectivity index (χ4n) is 3.06. The highest BCUT2D eigenvalue weighted by Crippen LogP contribution is 2.16. The maximum atomic E-state index is 5.41. The molecule has 0 bridgehead atoms. The van der Waals surface area contributed by atoms with E-state index in [4.69, 9.17) is 4.74 Å². The fraction of sp³-hybridized carbons (Fsp3) is 0.300. The van der Waals surface area contributed by atoms with Gasteiger partial charge in [-0.15, -0.1) is 0 Å². The number of rotatable bonds is 6. The van der Waals surface area contributed by atoms with Crippen molar-refractivity contribution in [2.75, 3.05) is 31.2 Å². The number of ether oxygens (including phenoxy) is 1. The Morgan fingerprint density at radius 1 is 0.962 bits per heavy atom. The molecule has 1 aromatic carbocycles. The lowest BCUT2D eigenvalue weighted by Crippen LogP contribution is -2.36. The monoisotopic (exact) mass is 349 g/mol. The minimum atomic E-state index is 0.789. The van der Waals surface area contributed by atoms with Crippen molar-refractivity contribution in [3.05, 3.63) is 72.2 Å². The average Bonchev–Trinajstić information content (AvgIpc) is 3.25. The Bertz CT molecular complexity index is 793. The van der Waals surface area contributed by atoms with Crippen LogP contribution >= 0.6 is 0 Å². The third kappa shape index (κ3) is 4.09. The molecule has 0 unspecified atom stereocenters. The summed E-state index contributed by atoms with van der Waals surface area (Å²) in [6.07, 6.45) is 5.54. The van der Waals surface area contributed by atoms with E-state index in [1.807, 2.05) is 24.5 Å². The summed E-state index contributed by atoms with van der Waals surface area (Å²) in [4.78, 5) is 6.82. The number of nitrogens with zero attached hydrogens (tertiary/aromatic N) is 4. The molecular weight excluding hydrogens is 326 g/mol. The largest absolute Gasteiger partial charge is 0.378 e. The summed E-state index contributed by atoms with van der Waals surface area (Å²) in [5, 5.41) is 7.66. The number of pyridine rings is 1. The van der Waals surface area contributed by atoms with Crippen LogP contribution in [0.1, 0.15) is 11.1 Å². The average molecular weight is 349 g/mol. The van der Waals surface area contributed by atoms with Crippen LogP contribution in [0.3, 0.4) is 0 Å². The van der Waals surface area contributed by atoms with Crippen LogP contribution in [0.2, 0.25) is 0 Å². The first kappa shape index (κ1) is 16.8. The first-order valence-electron chi connectivity index (χ1n) is 8.96. The van der Waals surface area contributed by atoms with Gasteiger partial charge in [0.2, 0.25) is 0 Å². The van der Waals surface area contributed by atoms with Crippen molar-refractivity contribution < 1.29 is 4.74 Å². The zero-order chi connectivity index (χ0) is 17.6. The first-order valence-corrected chi connectivity index (χ1v) is 8.96. The van der Waals surface area contributed by atoms with E-state index in [-0.39, 0.29) is 0 Å². The highest BCUT2D eigenvalue weighted by molar-refractivity contribution is 5.47. The van der Waals surface area contributed by atoms with Crippen LogP contribution in [0.15, 0.2) is 61.1 Å². The van der Waals surface area contributed by atoms with Crippen LogP contribution < -0.4 is 10.2 Å². The zero-order valence-corrected chi connectivity index (χ0v) is 14.7. The van der Waals surface area contributed by atoms with Crippen LogP contribution in [-0.2, 0) is 17.8 Å². The quantitative estimate of drug-likeness (QED) is 0.741. The van der Waals surface area contributed by atoms with E-state index in [0.29, 0.717) is 0 Å². The number of hydrogen-bond donors (Lipinski definition) is 1. The fourth-order valence-corrected chi connectivity index (χ4v) is 3.06. The number of morpholine rings is 1. The van der Waals surface area contributed by atoms with Crippen molar-refractivity contribution in [3.63, 3.8) is 0 Å². The van der Waals surface area contributed by atoms with E-state index >= 15 is 0 Å². The molecule has 0 amide bonds. The standard InChI is InChI=1S/C20H23N5O/c1-8-23-25(9-1)20-7-4-18(16-22-20)15-21-14-17-2-5-19(6-3-17)24-10-12-26-13-11-24/h1-9,16,21H,10-15H2. The Morgan fingerprint density at radius 2 is 1.73 bits per heavy atom. The molecule has 1 fully saturated rings. The van der Waals surface area contributed by atoms with Crippen molar-refractivity contribution >= 4 is 5.69 Å². The van der Waals surface area contributed by atoms with Crippen LogP contribution in [0.25, 0.3) is 5.82 Å². The number of anilines is 1. The number of nitrogens with one attached hydrogen (secondary N) is 1. The van der Waals surface area contributed by atoms with E-state index in [1.165, 1.54) is 11.3 Å². The lowest BCUT2D eigenvalue weighted by molar-refractivity contribution is 0.122. The van der Waals surface area contributed by atoms with Gasteiger partial charge >= 0.3 is 0 Å². The highest BCUT2D eigenvalue weighted by atomic mass is 16.5. The van der Waals surface area contributed by atoms with Gasteiger partial charge in [-0.05, 0) is 35.4 Å². The predicted octanol–water partition coefficient (Wildman–Crippen LogP) is 2.39. The highest BCUT2D eigenvalue weighted by Gasteiger charge is 2.10. The van der Waals surface area contributed by atoms with Crippen LogP contribution in [0.4, 0.5) is 5.69 Å². The van der Waals surface area contributed by atoms with E-state index < -0.39 is 0 Å². The Kier molecular flexibility index (Phi) is 5.23. The third-order valence-electron chi connectivity index (χ3n) is 4.52. The van der Waals surface area contributed by atoms with Crippen molar-refractivity contribution in [1.29, 1.82) is 0 Å². The molecule has 6 heteroatoms. The van der Waals surface area contributed by atoms with E-state index in [2.05, 4.69) is 50.6 Å². The maximum absolute atomic E-state index is 5.41. The zero-order valence-electron chi connectivity index (χ0n) is 14.7. The van der Waals surface area contributed by atoms with Crippen LogP contribution in [0, 0.1) is 0 Å². The van der Waals surface area contributed by atoms with Gasteiger partial charge in [0.15, 0.2) is 5.82 Å². The number of hydrogen-bond acceptors (Lipinski definition) is 5. The summed E-state index contributed by atoms with van der Waals surface area (Å²) in [5.41, 5.74) is 3.71. The lowest BCUT2D eigenvalue weighted by Gasteiger charge is -2.28. The molecule has 6 nitrogen and oxygen atoms in total. The van der Waals surface area contributed by atoms with E-state index in [0.717, 1.165) is 50.8 Å². The molecule has 1 aliphatic heterocycles. The molecule has 1 aliphatic rings. The molecule has 134 valence electrons. The second-order valence-corrected chi connectivity index (χ2v) is 6.34. The third-order valence-corrected chi connectivity index (χ3v) is 4.52. The number of aromatic nitrogens is 3. The molecule has 0 radical (unpaired) electrons. The topological polar surface area (TPSA) is 55.2 Å². The van der Waals surface area contributed by atoms with Gasteiger partial charge in [-0.2, -0.15) is 5.10 Å². The summed E-state index contributed by atoms with van der Waals surface area (Å²) in [6, 6.07) is 14.7. The van der Waals surface area contributed by atoms with E-state index in [9.17, 15) is 0 Å². The van der Waals surface area contributed by atoms with Crippen molar-refractivity contribution in [2.24, 2.45) is 0 Å². The van der Waals surface area contributed by atoms with Gasteiger partial charge in [0.25, 0.3) is 0 Å². The molecule has 3 aromatic rings. The maximum Gasteiger partial charge on any atom is 0.153 e. The van der Waals surface area contributed by atoms with E-state index in [1.54, 1.807) is 10.9 Å². The summed E-state index contributed by atoms with van der Waals surface area (Å²) in [5.74, 6) is 0.831. The smallest absolute Gasteiger partial charge is 0.153 e. The minimum Gasteiger partial charge on any atom is -0.378 e. The van der Waals surface area contributed by atoms with Gasteiger partial charge in [-0.1, -0.05) is 18.2 Å². The summed E-state index contributed by atoms with van der Waals surface area (Å²) < 4.78 is 7.16. The van der Waals surface area contributed by atoms with Gasteiger partial charge in [-0.25, -0.2) is 9.67 Å². The Hall–Kier alpha value is -2.70. The van der Waals surface area contributed by atoms with Crippen molar-refractivity contribution in [2.45, 2.75) is 13.1 Å². The second-order valence-electron chi connectivity index (χ2n) is 6.34. The van der Waals surface area contributed by atoms with Crippen LogP contribution in [-0.4, -0.2) is 41.1 Å². The molecule has 0 aliphatic carbocycles. The second kappa shape index (κ2) is 8.12. The van der Waals surface area contributed by atoms with Crippen LogP contribution in [0.5, 0.6) is 0 Å². The molecule has 0 spiro atoms. The van der Waals surface area contributed by atoms with Crippen molar-refractivity contribution in [1.82, 2.24) is 20.1 Å². The predicted molar refractivity (Wildman–Crippen MR) is 101 cm³/mol. The molecule has 26 heavy (non-hydrogen) atoms. The lowest BCUT2D eigenvalue weighted by atomic mass is 10.2. The molecule has 4 rings (SSSR count). The van der Waals surface area contributed by atoms with Gasteiger partial charge in [0.1, 0.15) is 0 Å². The molecule has 1 saturated heterocycles. The summed E-state index contributed by atoms with van der Waals surface area (Å²) in [6.45, 7) is 5.20. The normalized spacial score (nSPS) is 14.5. The molecular formula is C20H23N5O. The Morgan fingerprint density at radius 3 is 2.42 bits per heavy atom. The first-order chi connectivity index (χ1) is 12.9. The van der Waals surface area contributed by atoms with Gasteiger partial charge < -0.3 is 15.0 Å². The molecule has 3 heterocycles. The molecule has 2 aromatic heterocycles. The number of benzene rings is 1. The van der Waals surface area contributed by atoms with Crippen molar-refractivity contribution in [3.8, 4) is 5.82 Å². The SMILES string of the molecule is c1cnn(-c2ccc(CNCc3ccc(N4CCOCC4)cc3)cn2)c1. The molecule has 1 N–H and O–H groups in total. The van der Waals surface area contributed by atoms with Gasteiger partial charge in [0, 0.05) is 50.5 Å². The summed E-state index contributed by atoms with van der Waals surface area (Å²) >= 11 is 0. The van der Waals surface area contributed by atoms with Gasteiger partial charge in [0.05, 0.1) is 13.2 Å². The van der Waals surface area contributed by atoms with Gasteiger partial charge in [-0.3, -0.25) is 0 Å². The minimum absolute atomic E-state index is 0.789. The molecule has 0 saturated carbocycles. The Balaban J connectivity index is 1.27. The molecule has 0 atom stereocenters. The Labute approximate surface area is 153 Å².